The molecule has 0 saturated carbocycles. The third-order valence-corrected chi connectivity index (χ3v) is 4.20. The molecule has 0 heterocycles. The Labute approximate surface area is 140 Å². The Morgan fingerprint density at radius 2 is 1.80 bits per heavy atom. The SMILES string of the molecule is CCNC(=NCCNS(=O)(=O)CC)NC(C)C(C)C.I. The fraction of sp³-hybridized carbons (Fsp3) is 0.917. The highest BCUT2D eigenvalue weighted by Gasteiger charge is 2.09. The van der Waals surface area contributed by atoms with Crippen LogP contribution in [0.4, 0.5) is 0 Å². The molecule has 20 heavy (non-hydrogen) atoms. The molecular formula is C12H29IN4O2S. The molecule has 0 radical (unpaired) electrons. The zero-order chi connectivity index (χ0) is 14.9. The van der Waals surface area contributed by atoms with Crippen LogP contribution in [0.1, 0.15) is 34.6 Å². The van der Waals surface area contributed by atoms with Crippen molar-refractivity contribution < 1.29 is 8.42 Å². The molecule has 0 aliphatic rings. The lowest BCUT2D eigenvalue weighted by molar-refractivity contribution is 0.481. The molecule has 0 amide bonds. The number of aliphatic imine (C=N–C) groups is 1. The lowest BCUT2D eigenvalue weighted by Gasteiger charge is -2.20. The number of nitrogens with one attached hydrogen (secondary N) is 3. The molecule has 0 spiro atoms. The zero-order valence-corrected chi connectivity index (χ0v) is 16.2. The standard InChI is InChI=1S/C12H28N4O2S.HI/c1-6-13-12(16-11(5)10(3)4)14-8-9-15-19(17,18)7-2;/h10-11,15H,6-9H2,1-5H3,(H2,13,14,16);1H. The van der Waals surface area contributed by atoms with Crippen molar-refractivity contribution in [2.24, 2.45) is 10.9 Å². The maximum Gasteiger partial charge on any atom is 0.211 e. The van der Waals surface area contributed by atoms with Gasteiger partial charge in [0, 0.05) is 19.1 Å². The molecule has 0 aromatic rings. The van der Waals surface area contributed by atoms with E-state index in [4.69, 9.17) is 0 Å². The Hall–Kier alpha value is -0.0900. The molecule has 0 aliphatic heterocycles. The van der Waals surface area contributed by atoms with E-state index < -0.39 is 10.0 Å². The average molecular weight is 420 g/mol. The largest absolute Gasteiger partial charge is 0.357 e. The Kier molecular flexibility index (Phi) is 12.8. The molecule has 6 nitrogen and oxygen atoms in total. The number of guanidine groups is 1. The molecule has 0 fully saturated rings. The van der Waals surface area contributed by atoms with Gasteiger partial charge in [0.05, 0.1) is 12.3 Å². The van der Waals surface area contributed by atoms with Crippen LogP contribution in [0.15, 0.2) is 4.99 Å². The van der Waals surface area contributed by atoms with Crippen molar-refractivity contribution in [2.75, 3.05) is 25.4 Å². The van der Waals surface area contributed by atoms with E-state index in [1.165, 1.54) is 0 Å². The van der Waals surface area contributed by atoms with Gasteiger partial charge in [-0.2, -0.15) is 0 Å². The zero-order valence-electron chi connectivity index (χ0n) is 13.1. The van der Waals surface area contributed by atoms with Gasteiger partial charge in [-0.1, -0.05) is 13.8 Å². The monoisotopic (exact) mass is 420 g/mol. The number of hydrogen-bond acceptors (Lipinski definition) is 3. The van der Waals surface area contributed by atoms with Crippen molar-refractivity contribution >= 4 is 40.0 Å². The summed E-state index contributed by atoms with van der Waals surface area (Å²) in [5, 5.41) is 6.43. The summed E-state index contributed by atoms with van der Waals surface area (Å²) < 4.78 is 25.0. The van der Waals surface area contributed by atoms with Crippen LogP contribution in [0.5, 0.6) is 0 Å². The van der Waals surface area contributed by atoms with Crippen molar-refractivity contribution in [3.05, 3.63) is 0 Å². The molecule has 0 aliphatic carbocycles. The predicted octanol–water partition coefficient (Wildman–Crippen LogP) is 1.14. The summed E-state index contributed by atoms with van der Waals surface area (Å²) in [6.07, 6.45) is 0. The fourth-order valence-electron chi connectivity index (χ4n) is 1.17. The molecule has 122 valence electrons. The highest BCUT2D eigenvalue weighted by Crippen LogP contribution is 1.99. The van der Waals surface area contributed by atoms with Crippen molar-refractivity contribution in [3.63, 3.8) is 0 Å². The normalized spacial score (nSPS) is 13.8. The average Bonchev–Trinajstić information content (AvgIpc) is 2.34. The predicted molar refractivity (Wildman–Crippen MR) is 96.3 cm³/mol. The summed E-state index contributed by atoms with van der Waals surface area (Å²) in [5.74, 6) is 1.32. The van der Waals surface area contributed by atoms with E-state index in [1.807, 2.05) is 6.92 Å². The van der Waals surface area contributed by atoms with Crippen molar-refractivity contribution in [3.8, 4) is 0 Å². The maximum atomic E-state index is 11.2. The second-order valence-corrected chi connectivity index (χ2v) is 6.83. The van der Waals surface area contributed by atoms with Crippen LogP contribution >= 0.6 is 24.0 Å². The second kappa shape index (κ2) is 11.6. The molecule has 0 aromatic carbocycles. The van der Waals surface area contributed by atoms with E-state index in [1.54, 1.807) is 6.92 Å². The molecular weight excluding hydrogens is 391 g/mol. The van der Waals surface area contributed by atoms with Crippen LogP contribution in [0.3, 0.4) is 0 Å². The first-order valence-corrected chi connectivity index (χ1v) is 8.49. The van der Waals surface area contributed by atoms with Gasteiger partial charge < -0.3 is 10.6 Å². The van der Waals surface area contributed by atoms with Crippen LogP contribution in [-0.4, -0.2) is 45.8 Å². The quantitative estimate of drug-likeness (QED) is 0.238. The van der Waals surface area contributed by atoms with E-state index in [0.717, 1.165) is 12.5 Å². The van der Waals surface area contributed by atoms with Crippen LogP contribution < -0.4 is 15.4 Å². The van der Waals surface area contributed by atoms with E-state index in [2.05, 4.69) is 41.1 Å². The van der Waals surface area contributed by atoms with Gasteiger partial charge in [-0.05, 0) is 26.7 Å². The summed E-state index contributed by atoms with van der Waals surface area (Å²) in [6.45, 7) is 11.5. The summed E-state index contributed by atoms with van der Waals surface area (Å²) in [4.78, 5) is 4.34. The van der Waals surface area contributed by atoms with Crippen molar-refractivity contribution in [2.45, 2.75) is 40.7 Å². The molecule has 8 heteroatoms. The lowest BCUT2D eigenvalue weighted by atomic mass is 10.1. The van der Waals surface area contributed by atoms with E-state index >= 15 is 0 Å². The number of halogens is 1. The van der Waals surface area contributed by atoms with Gasteiger partial charge in [0.15, 0.2) is 5.96 Å². The smallest absolute Gasteiger partial charge is 0.211 e. The van der Waals surface area contributed by atoms with Gasteiger partial charge in [0.2, 0.25) is 10.0 Å². The molecule has 0 aromatic heterocycles. The molecule has 3 N–H and O–H groups in total. The first-order chi connectivity index (χ1) is 8.82. The number of sulfonamides is 1. The third-order valence-electron chi connectivity index (χ3n) is 2.79. The Morgan fingerprint density at radius 1 is 1.20 bits per heavy atom. The van der Waals surface area contributed by atoms with Gasteiger partial charge in [-0.25, -0.2) is 13.1 Å². The second-order valence-electron chi connectivity index (χ2n) is 4.74. The van der Waals surface area contributed by atoms with Gasteiger partial charge in [0.25, 0.3) is 0 Å². The number of rotatable bonds is 8. The van der Waals surface area contributed by atoms with E-state index in [-0.39, 0.29) is 29.7 Å². The summed E-state index contributed by atoms with van der Waals surface area (Å²) >= 11 is 0. The van der Waals surface area contributed by atoms with Gasteiger partial charge in [-0.15, -0.1) is 24.0 Å². The summed E-state index contributed by atoms with van der Waals surface area (Å²) in [6, 6.07) is 0.310. The number of hydrogen-bond donors (Lipinski definition) is 3. The minimum atomic E-state index is -3.13. The minimum Gasteiger partial charge on any atom is -0.357 e. The van der Waals surface area contributed by atoms with E-state index in [0.29, 0.717) is 25.0 Å². The van der Waals surface area contributed by atoms with Crippen LogP contribution in [0.2, 0.25) is 0 Å². The van der Waals surface area contributed by atoms with Crippen LogP contribution in [0, 0.1) is 5.92 Å². The minimum absolute atomic E-state index is 0. The van der Waals surface area contributed by atoms with Crippen LogP contribution in [0.25, 0.3) is 0 Å². The first kappa shape index (κ1) is 22.2. The highest BCUT2D eigenvalue weighted by molar-refractivity contribution is 14.0. The topological polar surface area (TPSA) is 82.6 Å². The third kappa shape index (κ3) is 10.7. The van der Waals surface area contributed by atoms with Crippen molar-refractivity contribution in [1.29, 1.82) is 0 Å². The molecule has 1 unspecified atom stereocenters. The Balaban J connectivity index is 0. The maximum absolute atomic E-state index is 11.2. The molecule has 1 atom stereocenters. The van der Waals surface area contributed by atoms with Crippen molar-refractivity contribution in [1.82, 2.24) is 15.4 Å². The Bertz CT molecular complexity index is 372. The van der Waals surface area contributed by atoms with Gasteiger partial charge >= 0.3 is 0 Å². The molecule has 0 bridgehead atoms. The van der Waals surface area contributed by atoms with Crippen LogP contribution in [-0.2, 0) is 10.0 Å². The number of nitrogens with zero attached hydrogens (tertiary/aromatic N) is 1. The van der Waals surface area contributed by atoms with Gasteiger partial charge in [-0.3, -0.25) is 4.99 Å². The van der Waals surface area contributed by atoms with Gasteiger partial charge in [0.1, 0.15) is 0 Å². The fourth-order valence-corrected chi connectivity index (χ4v) is 1.78. The van der Waals surface area contributed by atoms with E-state index in [9.17, 15) is 8.42 Å². The summed E-state index contributed by atoms with van der Waals surface area (Å²) in [7, 11) is -3.13. The Morgan fingerprint density at radius 3 is 2.25 bits per heavy atom. The first-order valence-electron chi connectivity index (χ1n) is 6.84. The highest BCUT2D eigenvalue weighted by atomic mass is 127. The molecule has 0 rings (SSSR count). The molecule has 0 saturated heterocycles. The lowest BCUT2D eigenvalue weighted by Crippen LogP contribution is -2.44. The summed E-state index contributed by atoms with van der Waals surface area (Å²) in [5.41, 5.74) is 0.